The number of nitrogens with zero attached hydrogens (tertiary/aromatic N) is 1. The summed E-state index contributed by atoms with van der Waals surface area (Å²) < 4.78 is 26.5. The zero-order chi connectivity index (χ0) is 17.1. The fourth-order valence-corrected chi connectivity index (χ4v) is 2.76. The molecule has 1 unspecified atom stereocenters. The number of amides is 2. The molecule has 0 aromatic heterocycles. The highest BCUT2D eigenvalue weighted by atomic mass is 19.1. The van der Waals surface area contributed by atoms with Crippen molar-refractivity contribution >= 4 is 11.8 Å². The van der Waals surface area contributed by atoms with E-state index in [0.717, 1.165) is 17.7 Å². The molecule has 24 heavy (non-hydrogen) atoms. The summed E-state index contributed by atoms with van der Waals surface area (Å²) >= 11 is 0. The van der Waals surface area contributed by atoms with Crippen LogP contribution in [0.25, 0.3) is 0 Å². The predicted molar refractivity (Wildman–Crippen MR) is 84.1 cm³/mol. The Morgan fingerprint density at radius 1 is 1.17 bits per heavy atom. The Morgan fingerprint density at radius 3 is 2.62 bits per heavy atom. The molecular weight excluding hydrogens is 314 g/mol. The zero-order valence-electron chi connectivity index (χ0n) is 12.8. The molecular formula is C18H16F2N2O2. The largest absolute Gasteiger partial charge is 0.347 e. The highest BCUT2D eigenvalue weighted by Crippen LogP contribution is 2.16. The van der Waals surface area contributed by atoms with E-state index in [1.807, 2.05) is 30.3 Å². The standard InChI is InChI=1S/C18H16F2N2O2/c19-13-6-7-15(16(20)8-13)18(24)21-14-9-17(23)22(11-14)10-12-4-2-1-3-5-12/h1-8,14H,9-11H2,(H,21,24). The van der Waals surface area contributed by atoms with Crippen molar-refractivity contribution in [3.8, 4) is 0 Å². The molecule has 4 nitrogen and oxygen atoms in total. The van der Waals surface area contributed by atoms with E-state index < -0.39 is 23.6 Å². The van der Waals surface area contributed by atoms with Gasteiger partial charge in [0.15, 0.2) is 0 Å². The first-order valence-electron chi connectivity index (χ1n) is 7.60. The molecule has 3 rings (SSSR count). The molecule has 1 aliphatic rings. The Kier molecular flexibility index (Phi) is 4.55. The monoisotopic (exact) mass is 330 g/mol. The van der Waals surface area contributed by atoms with Gasteiger partial charge in [-0.05, 0) is 17.7 Å². The highest BCUT2D eigenvalue weighted by molar-refractivity contribution is 5.95. The average molecular weight is 330 g/mol. The summed E-state index contributed by atoms with van der Waals surface area (Å²) in [6, 6.07) is 11.9. The first kappa shape index (κ1) is 16.1. The Bertz CT molecular complexity index is 765. The van der Waals surface area contributed by atoms with Gasteiger partial charge in [-0.3, -0.25) is 9.59 Å². The smallest absolute Gasteiger partial charge is 0.254 e. The minimum atomic E-state index is -0.919. The van der Waals surface area contributed by atoms with Gasteiger partial charge in [0.05, 0.1) is 11.6 Å². The third-order valence-corrected chi connectivity index (χ3v) is 3.94. The number of halogens is 2. The maximum absolute atomic E-state index is 13.6. The summed E-state index contributed by atoms with van der Waals surface area (Å²) in [6.45, 7) is 0.833. The van der Waals surface area contributed by atoms with Crippen LogP contribution in [0.3, 0.4) is 0 Å². The molecule has 2 aromatic rings. The van der Waals surface area contributed by atoms with E-state index in [1.54, 1.807) is 4.90 Å². The molecule has 0 bridgehead atoms. The number of rotatable bonds is 4. The van der Waals surface area contributed by atoms with Crippen LogP contribution in [-0.4, -0.2) is 29.3 Å². The van der Waals surface area contributed by atoms with Gasteiger partial charge in [0, 0.05) is 25.6 Å². The molecule has 1 fully saturated rings. The molecule has 1 aliphatic heterocycles. The maximum Gasteiger partial charge on any atom is 0.254 e. The van der Waals surface area contributed by atoms with Crippen LogP contribution in [0.4, 0.5) is 8.78 Å². The van der Waals surface area contributed by atoms with E-state index in [0.29, 0.717) is 19.2 Å². The van der Waals surface area contributed by atoms with Crippen LogP contribution in [0.5, 0.6) is 0 Å². The lowest BCUT2D eigenvalue weighted by Crippen LogP contribution is -2.37. The van der Waals surface area contributed by atoms with Crippen LogP contribution in [-0.2, 0) is 11.3 Å². The molecule has 2 amide bonds. The Morgan fingerprint density at radius 2 is 1.92 bits per heavy atom. The van der Waals surface area contributed by atoms with Crippen molar-refractivity contribution in [3.63, 3.8) is 0 Å². The van der Waals surface area contributed by atoms with Crippen molar-refractivity contribution in [1.29, 1.82) is 0 Å². The fraction of sp³-hybridized carbons (Fsp3) is 0.222. The zero-order valence-corrected chi connectivity index (χ0v) is 12.8. The van der Waals surface area contributed by atoms with Gasteiger partial charge in [0.1, 0.15) is 11.6 Å². The molecule has 124 valence electrons. The summed E-state index contributed by atoms with van der Waals surface area (Å²) in [4.78, 5) is 25.8. The second-order valence-electron chi connectivity index (χ2n) is 5.76. The highest BCUT2D eigenvalue weighted by Gasteiger charge is 2.31. The molecule has 0 aliphatic carbocycles. The van der Waals surface area contributed by atoms with Gasteiger partial charge < -0.3 is 10.2 Å². The number of benzene rings is 2. The molecule has 1 heterocycles. The lowest BCUT2D eigenvalue weighted by Gasteiger charge is -2.17. The predicted octanol–water partition coefficient (Wildman–Crippen LogP) is 2.50. The van der Waals surface area contributed by atoms with Crippen molar-refractivity contribution < 1.29 is 18.4 Å². The minimum Gasteiger partial charge on any atom is -0.347 e. The van der Waals surface area contributed by atoms with Crippen LogP contribution < -0.4 is 5.32 Å². The maximum atomic E-state index is 13.6. The molecule has 1 atom stereocenters. The minimum absolute atomic E-state index is 0.0660. The Labute approximate surface area is 138 Å². The number of carbonyl (C=O) groups is 2. The number of nitrogens with one attached hydrogen (secondary N) is 1. The quantitative estimate of drug-likeness (QED) is 0.936. The van der Waals surface area contributed by atoms with Gasteiger partial charge in [0.25, 0.3) is 5.91 Å². The first-order valence-corrected chi connectivity index (χ1v) is 7.60. The molecule has 0 radical (unpaired) electrons. The van der Waals surface area contributed by atoms with Crippen molar-refractivity contribution in [3.05, 3.63) is 71.3 Å². The number of hydrogen-bond donors (Lipinski definition) is 1. The number of hydrogen-bond acceptors (Lipinski definition) is 2. The Hall–Kier alpha value is -2.76. The van der Waals surface area contributed by atoms with Crippen LogP contribution in [0, 0.1) is 11.6 Å². The lowest BCUT2D eigenvalue weighted by molar-refractivity contribution is -0.128. The van der Waals surface area contributed by atoms with Gasteiger partial charge in [-0.1, -0.05) is 30.3 Å². The van der Waals surface area contributed by atoms with Gasteiger partial charge in [-0.15, -0.1) is 0 Å². The topological polar surface area (TPSA) is 49.4 Å². The second-order valence-corrected chi connectivity index (χ2v) is 5.76. The molecule has 0 spiro atoms. The SMILES string of the molecule is O=C(NC1CC(=O)N(Cc2ccccc2)C1)c1ccc(F)cc1F. The van der Waals surface area contributed by atoms with Gasteiger partial charge in [0.2, 0.25) is 5.91 Å². The van der Waals surface area contributed by atoms with E-state index in [1.165, 1.54) is 0 Å². The normalized spacial score (nSPS) is 17.2. The van der Waals surface area contributed by atoms with Gasteiger partial charge in [-0.2, -0.15) is 0 Å². The molecule has 2 aromatic carbocycles. The van der Waals surface area contributed by atoms with E-state index in [4.69, 9.17) is 0 Å². The number of carbonyl (C=O) groups excluding carboxylic acids is 2. The summed E-state index contributed by atoms with van der Waals surface area (Å²) in [5, 5.41) is 2.64. The van der Waals surface area contributed by atoms with Crippen molar-refractivity contribution in [2.75, 3.05) is 6.54 Å². The van der Waals surface area contributed by atoms with E-state index in [9.17, 15) is 18.4 Å². The van der Waals surface area contributed by atoms with Gasteiger partial charge in [-0.25, -0.2) is 8.78 Å². The molecule has 6 heteroatoms. The summed E-state index contributed by atoms with van der Waals surface area (Å²) in [6.07, 6.45) is 0.168. The average Bonchev–Trinajstić information content (AvgIpc) is 2.87. The molecule has 1 saturated heterocycles. The van der Waals surface area contributed by atoms with E-state index >= 15 is 0 Å². The van der Waals surface area contributed by atoms with E-state index in [2.05, 4.69) is 5.32 Å². The van der Waals surface area contributed by atoms with Gasteiger partial charge >= 0.3 is 0 Å². The van der Waals surface area contributed by atoms with Crippen molar-refractivity contribution in [1.82, 2.24) is 10.2 Å². The molecule has 0 saturated carbocycles. The summed E-state index contributed by atoms with van der Waals surface area (Å²) in [5.41, 5.74) is 0.771. The van der Waals surface area contributed by atoms with Crippen molar-refractivity contribution in [2.24, 2.45) is 0 Å². The van der Waals surface area contributed by atoms with Crippen LogP contribution >= 0.6 is 0 Å². The number of likely N-dealkylation sites (tertiary alicyclic amines) is 1. The molecule has 1 N–H and O–H groups in total. The second kappa shape index (κ2) is 6.78. The first-order chi connectivity index (χ1) is 11.5. The summed E-state index contributed by atoms with van der Waals surface area (Å²) in [5.74, 6) is -2.37. The van der Waals surface area contributed by atoms with Crippen molar-refractivity contribution in [2.45, 2.75) is 19.0 Å². The third kappa shape index (κ3) is 3.59. The Balaban J connectivity index is 1.62. The van der Waals surface area contributed by atoms with Crippen LogP contribution in [0.2, 0.25) is 0 Å². The fourth-order valence-electron chi connectivity index (χ4n) is 2.76. The lowest BCUT2D eigenvalue weighted by atomic mass is 10.1. The third-order valence-electron chi connectivity index (χ3n) is 3.94. The van der Waals surface area contributed by atoms with Crippen LogP contribution in [0.1, 0.15) is 22.3 Å². The summed E-state index contributed by atoms with van der Waals surface area (Å²) in [7, 11) is 0. The van der Waals surface area contributed by atoms with Crippen LogP contribution in [0.15, 0.2) is 48.5 Å². The van der Waals surface area contributed by atoms with E-state index in [-0.39, 0.29) is 17.9 Å².